The highest BCUT2D eigenvalue weighted by Crippen LogP contribution is 2.31. The van der Waals surface area contributed by atoms with Gasteiger partial charge in [0, 0.05) is 34.7 Å². The molecule has 132 valence electrons. The third-order valence-corrected chi connectivity index (χ3v) is 5.94. The van der Waals surface area contributed by atoms with Crippen LogP contribution < -0.4 is 0 Å². The van der Waals surface area contributed by atoms with Crippen molar-refractivity contribution in [3.8, 4) is 0 Å². The summed E-state index contributed by atoms with van der Waals surface area (Å²) in [4.78, 5) is 22.7. The molecule has 1 atom stereocenters. The lowest BCUT2D eigenvalue weighted by atomic mass is 10.0. The predicted octanol–water partition coefficient (Wildman–Crippen LogP) is 4.16. The smallest absolute Gasteiger partial charge is 0.255 e. The van der Waals surface area contributed by atoms with Crippen LogP contribution in [0, 0.1) is 0 Å². The zero-order valence-corrected chi connectivity index (χ0v) is 16.9. The molecule has 1 unspecified atom stereocenters. The Hall–Kier alpha value is -1.37. The molecule has 1 saturated heterocycles. The number of benzene rings is 1. The van der Waals surface area contributed by atoms with Crippen LogP contribution in [0.4, 0.5) is 0 Å². The van der Waals surface area contributed by atoms with Gasteiger partial charge in [0.15, 0.2) is 0 Å². The summed E-state index contributed by atoms with van der Waals surface area (Å²) in [5.74, 6) is 0.117. The van der Waals surface area contributed by atoms with Crippen molar-refractivity contribution < 1.29 is 4.79 Å². The number of aromatic nitrogens is 1. The van der Waals surface area contributed by atoms with E-state index in [-0.39, 0.29) is 5.91 Å². The number of halogens is 1. The van der Waals surface area contributed by atoms with Crippen molar-refractivity contribution in [1.82, 2.24) is 14.8 Å². The third kappa shape index (κ3) is 4.63. The highest BCUT2D eigenvalue weighted by molar-refractivity contribution is 9.10. The van der Waals surface area contributed by atoms with Crippen molar-refractivity contribution >= 4 is 33.6 Å². The average molecular weight is 420 g/mol. The summed E-state index contributed by atoms with van der Waals surface area (Å²) in [5.41, 5.74) is 0.761. The van der Waals surface area contributed by atoms with E-state index in [1.807, 2.05) is 41.3 Å². The van der Waals surface area contributed by atoms with Gasteiger partial charge in [0.25, 0.3) is 5.91 Å². The van der Waals surface area contributed by atoms with Gasteiger partial charge in [-0.25, -0.2) is 4.98 Å². The van der Waals surface area contributed by atoms with Gasteiger partial charge in [-0.05, 0) is 67.1 Å². The topological polar surface area (TPSA) is 36.4 Å². The fourth-order valence-corrected chi connectivity index (χ4v) is 4.11. The van der Waals surface area contributed by atoms with Crippen molar-refractivity contribution in [2.45, 2.75) is 28.8 Å². The molecule has 0 aliphatic carbocycles. The standard InChI is InChI=1S/C19H22BrN3OS/c1-22(2)15-6-5-11-23(13-15)19(24)16-7-3-4-8-17(16)25-18-10-9-14(20)12-21-18/h3-4,7-10,12,15H,5-6,11,13H2,1-2H3. The minimum atomic E-state index is 0.117. The fraction of sp³-hybridized carbons (Fsp3) is 0.368. The first-order valence-electron chi connectivity index (χ1n) is 8.39. The van der Waals surface area contributed by atoms with Gasteiger partial charge in [0.05, 0.1) is 5.56 Å². The Bertz CT molecular complexity index is 736. The lowest BCUT2D eigenvalue weighted by molar-refractivity contribution is 0.0631. The molecule has 1 amide bonds. The quantitative estimate of drug-likeness (QED) is 0.744. The number of carbonyl (C=O) groups is 1. The van der Waals surface area contributed by atoms with Gasteiger partial charge < -0.3 is 9.80 Å². The number of pyridine rings is 1. The van der Waals surface area contributed by atoms with E-state index in [1.165, 1.54) is 11.8 Å². The molecule has 0 saturated carbocycles. The Balaban J connectivity index is 1.80. The number of nitrogens with zero attached hydrogens (tertiary/aromatic N) is 3. The summed E-state index contributed by atoms with van der Waals surface area (Å²) < 4.78 is 0.948. The molecule has 0 radical (unpaired) electrons. The number of rotatable bonds is 4. The van der Waals surface area contributed by atoms with E-state index >= 15 is 0 Å². The lowest BCUT2D eigenvalue weighted by Gasteiger charge is -2.36. The van der Waals surface area contributed by atoms with Crippen LogP contribution in [0.3, 0.4) is 0 Å². The molecule has 1 aliphatic heterocycles. The van der Waals surface area contributed by atoms with Crippen LogP contribution in [0.5, 0.6) is 0 Å². The van der Waals surface area contributed by atoms with E-state index in [1.54, 1.807) is 6.20 Å². The van der Waals surface area contributed by atoms with Crippen molar-refractivity contribution in [2.24, 2.45) is 0 Å². The molecule has 4 nitrogen and oxygen atoms in total. The van der Waals surface area contributed by atoms with Crippen LogP contribution in [-0.2, 0) is 0 Å². The highest BCUT2D eigenvalue weighted by atomic mass is 79.9. The number of likely N-dealkylation sites (N-methyl/N-ethyl adjacent to an activating group) is 1. The first-order chi connectivity index (χ1) is 12.0. The maximum absolute atomic E-state index is 13.1. The Morgan fingerprint density at radius 1 is 1.28 bits per heavy atom. The van der Waals surface area contributed by atoms with E-state index < -0.39 is 0 Å². The summed E-state index contributed by atoms with van der Waals surface area (Å²) in [6.45, 7) is 1.63. The molecule has 0 N–H and O–H groups in total. The van der Waals surface area contributed by atoms with Gasteiger partial charge in [-0.1, -0.05) is 23.9 Å². The number of likely N-dealkylation sites (tertiary alicyclic amines) is 1. The van der Waals surface area contributed by atoms with Gasteiger partial charge in [-0.3, -0.25) is 4.79 Å². The van der Waals surface area contributed by atoms with E-state index in [9.17, 15) is 4.79 Å². The minimum Gasteiger partial charge on any atom is -0.337 e. The third-order valence-electron chi connectivity index (χ3n) is 4.45. The Kier molecular flexibility index (Phi) is 6.15. The van der Waals surface area contributed by atoms with E-state index in [0.717, 1.165) is 45.9 Å². The summed E-state index contributed by atoms with van der Waals surface area (Å²) in [7, 11) is 4.17. The van der Waals surface area contributed by atoms with Crippen LogP contribution in [-0.4, -0.2) is 53.9 Å². The molecular formula is C19H22BrN3OS. The minimum absolute atomic E-state index is 0.117. The van der Waals surface area contributed by atoms with Gasteiger partial charge >= 0.3 is 0 Å². The molecule has 2 aromatic rings. The van der Waals surface area contributed by atoms with Crippen LogP contribution in [0.15, 0.2) is 57.0 Å². The number of carbonyl (C=O) groups excluding carboxylic acids is 1. The molecule has 1 aliphatic rings. The molecule has 1 fully saturated rings. The van der Waals surface area contributed by atoms with Crippen molar-refractivity contribution in [3.05, 3.63) is 52.6 Å². The molecule has 25 heavy (non-hydrogen) atoms. The molecular weight excluding hydrogens is 398 g/mol. The van der Waals surface area contributed by atoms with Gasteiger partial charge in [0.1, 0.15) is 5.03 Å². The van der Waals surface area contributed by atoms with E-state index in [2.05, 4.69) is 39.9 Å². The summed E-state index contributed by atoms with van der Waals surface area (Å²) in [5, 5.41) is 0.883. The maximum atomic E-state index is 13.1. The first-order valence-corrected chi connectivity index (χ1v) is 9.99. The second-order valence-corrected chi connectivity index (χ2v) is 8.40. The molecule has 3 rings (SSSR count). The Labute approximate surface area is 161 Å². The van der Waals surface area contributed by atoms with Gasteiger partial charge in [-0.15, -0.1) is 0 Å². The molecule has 1 aromatic carbocycles. The van der Waals surface area contributed by atoms with Crippen LogP contribution >= 0.6 is 27.7 Å². The lowest BCUT2D eigenvalue weighted by Crippen LogP contribution is -2.47. The SMILES string of the molecule is CN(C)C1CCCN(C(=O)c2ccccc2Sc2ccc(Br)cn2)C1. The van der Waals surface area contributed by atoms with Crippen LogP contribution in [0.2, 0.25) is 0 Å². The number of hydrogen-bond acceptors (Lipinski definition) is 4. The normalized spacial score (nSPS) is 17.8. The van der Waals surface area contributed by atoms with Crippen molar-refractivity contribution in [2.75, 3.05) is 27.2 Å². The maximum Gasteiger partial charge on any atom is 0.255 e. The molecule has 6 heteroatoms. The summed E-state index contributed by atoms with van der Waals surface area (Å²) in [6.07, 6.45) is 3.98. The number of hydrogen-bond donors (Lipinski definition) is 0. The molecule has 0 bridgehead atoms. The van der Waals surface area contributed by atoms with Gasteiger partial charge in [0.2, 0.25) is 0 Å². The fourth-order valence-electron chi connectivity index (χ4n) is 3.00. The van der Waals surface area contributed by atoms with Gasteiger partial charge in [-0.2, -0.15) is 0 Å². The van der Waals surface area contributed by atoms with Crippen LogP contribution in [0.25, 0.3) is 0 Å². The number of amides is 1. The average Bonchev–Trinajstić information content (AvgIpc) is 2.63. The number of piperidine rings is 1. The summed E-state index contributed by atoms with van der Waals surface area (Å²) in [6, 6.07) is 12.2. The predicted molar refractivity (Wildman–Crippen MR) is 105 cm³/mol. The molecule has 1 aromatic heterocycles. The van der Waals surface area contributed by atoms with Crippen LogP contribution in [0.1, 0.15) is 23.2 Å². The Morgan fingerprint density at radius 2 is 2.08 bits per heavy atom. The van der Waals surface area contributed by atoms with E-state index in [4.69, 9.17) is 0 Å². The second-order valence-electron chi connectivity index (χ2n) is 6.42. The highest BCUT2D eigenvalue weighted by Gasteiger charge is 2.26. The monoisotopic (exact) mass is 419 g/mol. The molecule has 2 heterocycles. The zero-order chi connectivity index (χ0) is 17.8. The molecule has 0 spiro atoms. The van der Waals surface area contributed by atoms with E-state index in [0.29, 0.717) is 6.04 Å². The van der Waals surface area contributed by atoms with Crippen molar-refractivity contribution in [1.29, 1.82) is 0 Å². The second kappa shape index (κ2) is 8.34. The zero-order valence-electron chi connectivity index (χ0n) is 14.5. The summed E-state index contributed by atoms with van der Waals surface area (Å²) >= 11 is 4.93. The van der Waals surface area contributed by atoms with Crippen molar-refractivity contribution in [3.63, 3.8) is 0 Å². The first kappa shape index (κ1) is 18.4. The Morgan fingerprint density at radius 3 is 2.80 bits per heavy atom. The largest absolute Gasteiger partial charge is 0.337 e.